The van der Waals surface area contributed by atoms with Crippen LogP contribution < -0.4 is 5.32 Å². The van der Waals surface area contributed by atoms with Crippen molar-refractivity contribution in [1.82, 2.24) is 15.3 Å². The lowest BCUT2D eigenvalue weighted by Crippen LogP contribution is -2.37. The quantitative estimate of drug-likeness (QED) is 0.448. The first-order valence-electron chi connectivity index (χ1n) is 8.96. The molecule has 0 saturated heterocycles. The smallest absolute Gasteiger partial charge is 0.339 e. The van der Waals surface area contributed by atoms with Gasteiger partial charge in [0.15, 0.2) is 11.3 Å². The first kappa shape index (κ1) is 19.4. The number of carbonyl (C=O) groups is 2. The highest BCUT2D eigenvalue weighted by atomic mass is 32.2. The van der Waals surface area contributed by atoms with Crippen molar-refractivity contribution in [2.45, 2.75) is 56.7 Å². The molecule has 1 amide bonds. The molecule has 1 aromatic carbocycles. The molecule has 0 bridgehead atoms. The summed E-state index contributed by atoms with van der Waals surface area (Å²) in [6, 6.07) is 9.40. The summed E-state index contributed by atoms with van der Waals surface area (Å²) >= 11 is 1.47. The molecule has 0 radical (unpaired) electrons. The predicted molar refractivity (Wildman–Crippen MR) is 104 cm³/mol. The summed E-state index contributed by atoms with van der Waals surface area (Å²) < 4.78 is 5.37. The third-order valence-electron chi connectivity index (χ3n) is 4.13. The van der Waals surface area contributed by atoms with Gasteiger partial charge >= 0.3 is 5.97 Å². The van der Waals surface area contributed by atoms with Crippen LogP contribution in [0.5, 0.6) is 0 Å². The van der Waals surface area contributed by atoms with Crippen molar-refractivity contribution >= 4 is 23.6 Å². The van der Waals surface area contributed by atoms with Crippen LogP contribution >= 0.6 is 11.8 Å². The highest BCUT2D eigenvalue weighted by Crippen LogP contribution is 2.23. The van der Waals surface area contributed by atoms with E-state index in [-0.39, 0.29) is 11.9 Å². The van der Waals surface area contributed by atoms with Crippen LogP contribution in [0.4, 0.5) is 0 Å². The Morgan fingerprint density at radius 1 is 1.22 bits per heavy atom. The summed E-state index contributed by atoms with van der Waals surface area (Å²) in [5.74, 6) is -0.205. The van der Waals surface area contributed by atoms with Gasteiger partial charge in [0, 0.05) is 23.2 Å². The zero-order valence-corrected chi connectivity index (χ0v) is 16.5. The van der Waals surface area contributed by atoms with E-state index in [1.165, 1.54) is 11.8 Å². The average molecular weight is 385 g/mol. The molecule has 0 spiro atoms. The molecule has 1 fully saturated rings. The lowest BCUT2D eigenvalue weighted by molar-refractivity contribution is -0.129. The van der Waals surface area contributed by atoms with Gasteiger partial charge in [0.1, 0.15) is 0 Å². The maximum Gasteiger partial charge on any atom is 0.339 e. The normalized spacial score (nSPS) is 14.5. The third kappa shape index (κ3) is 5.53. The van der Waals surface area contributed by atoms with Crippen molar-refractivity contribution in [3.63, 3.8) is 0 Å². The van der Waals surface area contributed by atoms with Crippen LogP contribution in [0.15, 0.2) is 35.5 Å². The van der Waals surface area contributed by atoms with Crippen molar-refractivity contribution in [2.24, 2.45) is 0 Å². The number of benzene rings is 1. The molecular weight excluding hydrogens is 362 g/mol. The Morgan fingerprint density at radius 2 is 1.89 bits per heavy atom. The Kier molecular flexibility index (Phi) is 6.11. The molecule has 7 heteroatoms. The molecule has 1 aromatic heterocycles. The van der Waals surface area contributed by atoms with E-state index < -0.39 is 12.1 Å². The molecular formula is C20H23N3O3S. The monoisotopic (exact) mass is 385 g/mol. The number of ether oxygens (including phenoxy) is 1. The molecule has 1 atom stereocenters. The molecule has 27 heavy (non-hydrogen) atoms. The Hall–Kier alpha value is -2.41. The number of nitrogens with zero attached hydrogens (tertiary/aromatic N) is 2. The summed E-state index contributed by atoms with van der Waals surface area (Å²) in [6.45, 7) is 5.45. The molecule has 1 aliphatic rings. The van der Waals surface area contributed by atoms with E-state index in [1.54, 1.807) is 19.1 Å². The summed E-state index contributed by atoms with van der Waals surface area (Å²) in [4.78, 5) is 33.4. The summed E-state index contributed by atoms with van der Waals surface area (Å²) in [5, 5.41) is 3.52. The molecule has 2 aromatic rings. The van der Waals surface area contributed by atoms with Crippen molar-refractivity contribution < 1.29 is 14.3 Å². The molecule has 6 nitrogen and oxygen atoms in total. The number of thioether (sulfide) groups is 1. The van der Waals surface area contributed by atoms with Crippen LogP contribution in [0.25, 0.3) is 0 Å². The van der Waals surface area contributed by atoms with Gasteiger partial charge in [-0.15, -0.1) is 0 Å². The van der Waals surface area contributed by atoms with E-state index in [0.717, 1.165) is 29.8 Å². The molecule has 1 N–H and O–H groups in total. The molecule has 1 saturated carbocycles. The fraction of sp³-hybridized carbons (Fsp3) is 0.400. The van der Waals surface area contributed by atoms with Gasteiger partial charge in [-0.1, -0.05) is 30.0 Å². The second kappa shape index (κ2) is 8.52. The van der Waals surface area contributed by atoms with E-state index in [2.05, 4.69) is 15.3 Å². The zero-order valence-electron chi connectivity index (χ0n) is 15.7. The van der Waals surface area contributed by atoms with Crippen molar-refractivity contribution in [1.29, 1.82) is 0 Å². The predicted octanol–water partition coefficient (Wildman–Crippen LogP) is 3.21. The number of rotatable bonds is 7. The second-order valence-electron chi connectivity index (χ2n) is 6.71. The van der Waals surface area contributed by atoms with Gasteiger partial charge < -0.3 is 10.1 Å². The SMILES string of the molecule is Cc1cc(C)nc(SCc2ccccc2C(=O)O[C@H](C)C(=O)NC2CC2)n1. The molecule has 0 aliphatic heterocycles. The number of amides is 1. The maximum atomic E-state index is 12.6. The summed E-state index contributed by atoms with van der Waals surface area (Å²) in [7, 11) is 0. The average Bonchev–Trinajstić information content (AvgIpc) is 3.43. The Labute approximate surface area is 163 Å². The van der Waals surface area contributed by atoms with Gasteiger partial charge in [-0.3, -0.25) is 4.79 Å². The molecule has 3 rings (SSSR count). The fourth-order valence-corrected chi connectivity index (χ4v) is 3.52. The lowest BCUT2D eigenvalue weighted by Gasteiger charge is -2.14. The van der Waals surface area contributed by atoms with E-state index in [0.29, 0.717) is 16.5 Å². The van der Waals surface area contributed by atoms with Crippen LogP contribution in [0, 0.1) is 13.8 Å². The van der Waals surface area contributed by atoms with Gasteiger partial charge in [0.05, 0.1) is 5.56 Å². The van der Waals surface area contributed by atoms with Crippen molar-refractivity contribution in [3.05, 3.63) is 52.8 Å². The van der Waals surface area contributed by atoms with Crippen molar-refractivity contribution in [3.8, 4) is 0 Å². The van der Waals surface area contributed by atoms with Gasteiger partial charge in [0.2, 0.25) is 0 Å². The Bertz CT molecular complexity index is 832. The van der Waals surface area contributed by atoms with Gasteiger partial charge in [-0.2, -0.15) is 0 Å². The van der Waals surface area contributed by atoms with E-state index in [9.17, 15) is 9.59 Å². The van der Waals surface area contributed by atoms with Gasteiger partial charge in [-0.25, -0.2) is 14.8 Å². The number of aryl methyl sites for hydroxylation is 2. The minimum Gasteiger partial charge on any atom is -0.449 e. The second-order valence-corrected chi connectivity index (χ2v) is 7.65. The fourth-order valence-electron chi connectivity index (χ4n) is 2.57. The molecule has 1 heterocycles. The number of aromatic nitrogens is 2. The lowest BCUT2D eigenvalue weighted by atomic mass is 10.1. The maximum absolute atomic E-state index is 12.6. The topological polar surface area (TPSA) is 81.2 Å². The number of hydrogen-bond donors (Lipinski definition) is 1. The number of hydrogen-bond acceptors (Lipinski definition) is 6. The van der Waals surface area contributed by atoms with Crippen LogP contribution in [0.1, 0.15) is 47.1 Å². The number of carbonyl (C=O) groups excluding carboxylic acids is 2. The Balaban J connectivity index is 1.65. The molecule has 0 unspecified atom stereocenters. The van der Waals surface area contributed by atoms with Gasteiger partial charge in [-0.05, 0) is 51.3 Å². The number of nitrogens with one attached hydrogen (secondary N) is 1. The van der Waals surface area contributed by atoms with Crippen LogP contribution in [0.2, 0.25) is 0 Å². The molecule has 1 aliphatic carbocycles. The minimum atomic E-state index is -0.818. The minimum absolute atomic E-state index is 0.236. The molecule has 142 valence electrons. The van der Waals surface area contributed by atoms with Crippen molar-refractivity contribution in [2.75, 3.05) is 0 Å². The standard InChI is InChI=1S/C20H23N3O3S/c1-12-10-13(2)22-20(21-12)27-11-15-6-4-5-7-17(15)19(25)26-14(3)18(24)23-16-8-9-16/h4-7,10,14,16H,8-9,11H2,1-3H3,(H,23,24)/t14-/m1/s1. The third-order valence-corrected chi connectivity index (χ3v) is 5.03. The highest BCUT2D eigenvalue weighted by Gasteiger charge is 2.27. The largest absolute Gasteiger partial charge is 0.449 e. The summed E-state index contributed by atoms with van der Waals surface area (Å²) in [6.07, 6.45) is 1.17. The highest BCUT2D eigenvalue weighted by molar-refractivity contribution is 7.98. The van der Waals surface area contributed by atoms with E-state index in [4.69, 9.17) is 4.74 Å². The Morgan fingerprint density at radius 3 is 2.56 bits per heavy atom. The van der Waals surface area contributed by atoms with E-state index in [1.807, 2.05) is 32.0 Å². The summed E-state index contributed by atoms with van der Waals surface area (Å²) in [5.41, 5.74) is 3.10. The first-order chi connectivity index (χ1) is 12.9. The van der Waals surface area contributed by atoms with Crippen LogP contribution in [-0.2, 0) is 15.3 Å². The van der Waals surface area contributed by atoms with Gasteiger partial charge in [0.25, 0.3) is 5.91 Å². The van der Waals surface area contributed by atoms with Crippen LogP contribution in [0.3, 0.4) is 0 Å². The van der Waals surface area contributed by atoms with Crippen LogP contribution in [-0.4, -0.2) is 34.0 Å². The van der Waals surface area contributed by atoms with E-state index >= 15 is 0 Å². The number of esters is 1. The first-order valence-corrected chi connectivity index (χ1v) is 9.95. The zero-order chi connectivity index (χ0) is 19.4.